The molecule has 0 radical (unpaired) electrons. The van der Waals surface area contributed by atoms with E-state index >= 15 is 0 Å². The molecule has 0 amide bonds. The maximum atomic E-state index is 11.4. The highest BCUT2D eigenvalue weighted by Gasteiger charge is 2.19. The van der Waals surface area contributed by atoms with Crippen LogP contribution in [-0.2, 0) is 17.6 Å². The van der Waals surface area contributed by atoms with Crippen molar-refractivity contribution in [3.63, 3.8) is 0 Å². The third kappa shape index (κ3) is 2.81. The number of H-pyrrole nitrogens is 1. The monoisotopic (exact) mass is 243 g/mol. The lowest BCUT2D eigenvalue weighted by Crippen LogP contribution is -2.11. The Kier molecular flexibility index (Phi) is 3.85. The van der Waals surface area contributed by atoms with E-state index < -0.39 is 0 Å². The van der Waals surface area contributed by atoms with E-state index in [1.807, 2.05) is 12.1 Å². The molecule has 1 N–H and O–H groups in total. The van der Waals surface area contributed by atoms with Gasteiger partial charge in [0.1, 0.15) is 5.78 Å². The normalized spacial score (nSPS) is 14.3. The second kappa shape index (κ2) is 5.38. The second-order valence-electron chi connectivity index (χ2n) is 5.58. The van der Waals surface area contributed by atoms with Gasteiger partial charge < -0.3 is 4.98 Å². The summed E-state index contributed by atoms with van der Waals surface area (Å²) in [6.07, 6.45) is 2.18. The Labute approximate surface area is 108 Å². The van der Waals surface area contributed by atoms with Gasteiger partial charge in [-0.1, -0.05) is 39.0 Å². The Bertz CT molecular complexity index is 548. The van der Waals surface area contributed by atoms with Crippen molar-refractivity contribution in [2.75, 3.05) is 0 Å². The molecule has 3 rings (SSSR count). The van der Waals surface area contributed by atoms with E-state index in [1.165, 1.54) is 16.6 Å². The summed E-state index contributed by atoms with van der Waals surface area (Å²) in [7, 11) is 0. The minimum absolute atomic E-state index is 0.363. The van der Waals surface area contributed by atoms with Crippen molar-refractivity contribution in [3.8, 4) is 0 Å². The number of carbonyl (C=O) groups is 1. The van der Waals surface area contributed by atoms with Gasteiger partial charge in [0.2, 0.25) is 0 Å². The van der Waals surface area contributed by atoms with Crippen LogP contribution >= 0.6 is 0 Å². The van der Waals surface area contributed by atoms with Crippen LogP contribution in [0.4, 0.5) is 0 Å². The molecule has 0 saturated carbocycles. The highest BCUT2D eigenvalue weighted by Crippen LogP contribution is 2.27. The molecule has 0 bridgehead atoms. The van der Waals surface area contributed by atoms with E-state index in [-0.39, 0.29) is 0 Å². The van der Waals surface area contributed by atoms with Crippen LogP contribution in [0.5, 0.6) is 0 Å². The molecule has 0 spiro atoms. The first-order valence-corrected chi connectivity index (χ1v) is 6.68. The van der Waals surface area contributed by atoms with Gasteiger partial charge in [-0.05, 0) is 24.0 Å². The SMILES string of the molecule is CC(C)C.O=C1CCc2[nH]c3ccccc3c2C1. The van der Waals surface area contributed by atoms with Gasteiger partial charge in [-0.15, -0.1) is 0 Å². The van der Waals surface area contributed by atoms with Gasteiger partial charge in [-0.3, -0.25) is 4.79 Å². The summed E-state index contributed by atoms with van der Waals surface area (Å²) in [5, 5.41) is 1.22. The third-order valence-electron chi connectivity index (χ3n) is 2.93. The molecule has 1 heterocycles. The fourth-order valence-corrected chi connectivity index (χ4v) is 2.22. The lowest BCUT2D eigenvalue weighted by Gasteiger charge is -2.09. The van der Waals surface area contributed by atoms with Crippen LogP contribution in [0.15, 0.2) is 24.3 Å². The van der Waals surface area contributed by atoms with Gasteiger partial charge in [0, 0.05) is 29.4 Å². The molecule has 1 aliphatic rings. The Morgan fingerprint density at radius 2 is 1.78 bits per heavy atom. The Morgan fingerprint density at radius 1 is 1.11 bits per heavy atom. The van der Waals surface area contributed by atoms with Crippen LogP contribution in [0.3, 0.4) is 0 Å². The fraction of sp³-hybridized carbons (Fsp3) is 0.438. The molecule has 2 heteroatoms. The van der Waals surface area contributed by atoms with E-state index in [0.717, 1.165) is 17.9 Å². The first-order chi connectivity index (χ1) is 8.58. The molecule has 96 valence electrons. The quantitative estimate of drug-likeness (QED) is 0.748. The number of aromatic nitrogens is 1. The fourth-order valence-electron chi connectivity index (χ4n) is 2.22. The topological polar surface area (TPSA) is 32.9 Å². The second-order valence-corrected chi connectivity index (χ2v) is 5.58. The average Bonchev–Trinajstić information content (AvgIpc) is 2.66. The predicted octanol–water partition coefficient (Wildman–Crippen LogP) is 3.89. The van der Waals surface area contributed by atoms with Gasteiger partial charge in [-0.25, -0.2) is 0 Å². The molecule has 18 heavy (non-hydrogen) atoms. The lowest BCUT2D eigenvalue weighted by molar-refractivity contribution is -0.118. The maximum absolute atomic E-state index is 11.4. The van der Waals surface area contributed by atoms with E-state index in [0.29, 0.717) is 18.6 Å². The zero-order chi connectivity index (χ0) is 13.1. The number of aryl methyl sites for hydroxylation is 1. The van der Waals surface area contributed by atoms with Gasteiger partial charge in [0.05, 0.1) is 0 Å². The van der Waals surface area contributed by atoms with Crippen LogP contribution in [0.2, 0.25) is 0 Å². The molecule has 1 aromatic carbocycles. The van der Waals surface area contributed by atoms with Crippen LogP contribution in [0, 0.1) is 5.92 Å². The van der Waals surface area contributed by atoms with Crippen molar-refractivity contribution in [1.29, 1.82) is 0 Å². The number of rotatable bonds is 0. The average molecular weight is 243 g/mol. The number of fused-ring (bicyclic) bond motifs is 3. The van der Waals surface area contributed by atoms with Crippen molar-refractivity contribution in [3.05, 3.63) is 35.5 Å². The number of ketones is 1. The number of Topliss-reactive ketones (excluding diaryl/α,β-unsaturated/α-hetero) is 1. The Morgan fingerprint density at radius 3 is 2.50 bits per heavy atom. The molecule has 0 atom stereocenters. The Hall–Kier alpha value is -1.57. The summed E-state index contributed by atoms with van der Waals surface area (Å²) in [5.74, 6) is 1.20. The minimum atomic E-state index is 0.363. The molecular weight excluding hydrogens is 222 g/mol. The van der Waals surface area contributed by atoms with E-state index in [4.69, 9.17) is 0 Å². The van der Waals surface area contributed by atoms with Crippen molar-refractivity contribution in [1.82, 2.24) is 4.98 Å². The Balaban J connectivity index is 0.000000267. The van der Waals surface area contributed by atoms with Crippen LogP contribution < -0.4 is 0 Å². The zero-order valence-corrected chi connectivity index (χ0v) is 11.4. The zero-order valence-electron chi connectivity index (χ0n) is 11.4. The molecule has 0 aliphatic heterocycles. The molecular formula is C16H21NO. The van der Waals surface area contributed by atoms with Crippen molar-refractivity contribution < 1.29 is 4.79 Å². The highest BCUT2D eigenvalue weighted by molar-refractivity contribution is 5.92. The minimum Gasteiger partial charge on any atom is -0.358 e. The summed E-state index contributed by atoms with van der Waals surface area (Å²) in [4.78, 5) is 14.7. The van der Waals surface area contributed by atoms with Crippen LogP contribution in [-0.4, -0.2) is 10.8 Å². The predicted molar refractivity (Wildman–Crippen MR) is 75.8 cm³/mol. The van der Waals surface area contributed by atoms with E-state index in [1.54, 1.807) is 0 Å². The smallest absolute Gasteiger partial charge is 0.137 e. The largest absolute Gasteiger partial charge is 0.358 e. The van der Waals surface area contributed by atoms with Gasteiger partial charge >= 0.3 is 0 Å². The number of benzene rings is 1. The van der Waals surface area contributed by atoms with Crippen molar-refractivity contribution >= 4 is 16.7 Å². The maximum Gasteiger partial charge on any atom is 0.137 e. The molecule has 0 saturated heterocycles. The molecule has 2 nitrogen and oxygen atoms in total. The summed E-state index contributed by atoms with van der Waals surface area (Å²) >= 11 is 0. The van der Waals surface area contributed by atoms with Crippen LogP contribution in [0.1, 0.15) is 38.4 Å². The summed E-state index contributed by atoms with van der Waals surface area (Å²) in [6.45, 7) is 6.50. The van der Waals surface area contributed by atoms with Crippen molar-refractivity contribution in [2.24, 2.45) is 5.92 Å². The molecule has 0 fully saturated rings. The number of hydrogen-bond acceptors (Lipinski definition) is 1. The van der Waals surface area contributed by atoms with Gasteiger partial charge in [0.25, 0.3) is 0 Å². The summed E-state index contributed by atoms with van der Waals surface area (Å²) in [6, 6.07) is 8.20. The van der Waals surface area contributed by atoms with Gasteiger partial charge in [0.15, 0.2) is 0 Å². The summed E-state index contributed by atoms with van der Waals surface area (Å²) < 4.78 is 0. The van der Waals surface area contributed by atoms with Crippen LogP contribution in [0.25, 0.3) is 10.9 Å². The van der Waals surface area contributed by atoms with Crippen molar-refractivity contribution in [2.45, 2.75) is 40.0 Å². The van der Waals surface area contributed by atoms with E-state index in [2.05, 4.69) is 37.9 Å². The van der Waals surface area contributed by atoms with Gasteiger partial charge in [-0.2, -0.15) is 0 Å². The number of nitrogens with one attached hydrogen (secondary N) is 1. The summed E-state index contributed by atoms with van der Waals surface area (Å²) in [5.41, 5.74) is 3.63. The number of carbonyl (C=O) groups excluding carboxylic acids is 1. The highest BCUT2D eigenvalue weighted by atomic mass is 16.1. The van der Waals surface area contributed by atoms with E-state index in [9.17, 15) is 4.79 Å². The molecule has 2 aromatic rings. The third-order valence-corrected chi connectivity index (χ3v) is 2.93. The first-order valence-electron chi connectivity index (χ1n) is 6.68. The molecule has 1 aliphatic carbocycles. The first kappa shape index (κ1) is 12.9. The lowest BCUT2D eigenvalue weighted by atomic mass is 9.95. The molecule has 0 unspecified atom stereocenters. The standard InChI is InChI=1S/C12H11NO.C4H10/c14-8-5-6-12-10(7-8)9-3-1-2-4-11(9)13-12;1-4(2)3/h1-4,13H,5-7H2;4H,1-3H3. The molecule has 1 aromatic heterocycles. The number of para-hydroxylation sites is 1. The number of aromatic amines is 1. The number of hydrogen-bond donors (Lipinski definition) is 1.